The standard InChI is InChI=1S/C49H31N3O/c1-4-13-32(14-5-1)33-23-29-38(30-24-33)49-51-42(35-15-6-2-7-16-35)31-43(52-49)36-27-25-34(26-28-36)39-20-12-21-41-45(39)48-46(40-19-10-11-22-44(40)53-48)47(50-41)37-17-8-3-9-18-37/h1-31H. The predicted molar refractivity (Wildman–Crippen MR) is 217 cm³/mol. The minimum Gasteiger partial charge on any atom is -0.455 e. The fourth-order valence-electron chi connectivity index (χ4n) is 7.29. The number of hydrogen-bond acceptors (Lipinski definition) is 4. The van der Waals surface area contributed by atoms with E-state index in [9.17, 15) is 0 Å². The van der Waals surface area contributed by atoms with E-state index in [1.807, 2.05) is 42.5 Å². The van der Waals surface area contributed by atoms with E-state index in [2.05, 4.69) is 146 Å². The van der Waals surface area contributed by atoms with E-state index in [0.29, 0.717) is 5.82 Å². The highest BCUT2D eigenvalue weighted by molar-refractivity contribution is 6.22. The lowest BCUT2D eigenvalue weighted by Crippen LogP contribution is -1.96. The van der Waals surface area contributed by atoms with Crippen LogP contribution in [0.25, 0.3) is 100 Å². The van der Waals surface area contributed by atoms with E-state index in [1.54, 1.807) is 0 Å². The van der Waals surface area contributed by atoms with E-state index in [1.165, 1.54) is 5.56 Å². The van der Waals surface area contributed by atoms with E-state index in [4.69, 9.17) is 19.4 Å². The molecule has 10 rings (SSSR count). The predicted octanol–water partition coefficient (Wildman–Crippen LogP) is 12.9. The summed E-state index contributed by atoms with van der Waals surface area (Å²) in [4.78, 5) is 15.4. The molecule has 3 heterocycles. The minimum absolute atomic E-state index is 0.687. The lowest BCUT2D eigenvalue weighted by molar-refractivity contribution is 0.672. The van der Waals surface area contributed by atoms with Crippen LogP contribution in [0.5, 0.6) is 0 Å². The van der Waals surface area contributed by atoms with E-state index < -0.39 is 0 Å². The molecule has 0 atom stereocenters. The zero-order valence-corrected chi connectivity index (χ0v) is 28.6. The van der Waals surface area contributed by atoms with Crippen LogP contribution in [0, 0.1) is 0 Å². The molecule has 10 aromatic rings. The Morgan fingerprint density at radius 3 is 1.58 bits per heavy atom. The Kier molecular flexibility index (Phi) is 7.43. The summed E-state index contributed by atoms with van der Waals surface area (Å²) in [7, 11) is 0. The molecule has 0 saturated carbocycles. The molecular formula is C49H31N3O. The largest absolute Gasteiger partial charge is 0.455 e. The molecule has 0 unspecified atom stereocenters. The van der Waals surface area contributed by atoms with Crippen molar-refractivity contribution in [1.82, 2.24) is 15.0 Å². The topological polar surface area (TPSA) is 51.8 Å². The van der Waals surface area contributed by atoms with Gasteiger partial charge in [-0.3, -0.25) is 0 Å². The molecule has 0 radical (unpaired) electrons. The highest BCUT2D eigenvalue weighted by Gasteiger charge is 2.20. The monoisotopic (exact) mass is 677 g/mol. The van der Waals surface area contributed by atoms with Gasteiger partial charge in [0.05, 0.1) is 33.4 Å². The van der Waals surface area contributed by atoms with Crippen molar-refractivity contribution in [2.24, 2.45) is 0 Å². The van der Waals surface area contributed by atoms with Crippen LogP contribution in [0.4, 0.5) is 0 Å². The van der Waals surface area contributed by atoms with Crippen LogP contribution in [0.3, 0.4) is 0 Å². The number of para-hydroxylation sites is 1. The molecule has 0 aliphatic rings. The molecule has 4 nitrogen and oxygen atoms in total. The van der Waals surface area contributed by atoms with Crippen molar-refractivity contribution in [1.29, 1.82) is 0 Å². The van der Waals surface area contributed by atoms with E-state index in [0.717, 1.165) is 88.9 Å². The number of fused-ring (bicyclic) bond motifs is 5. The van der Waals surface area contributed by atoms with Gasteiger partial charge in [0.25, 0.3) is 0 Å². The molecule has 0 spiro atoms. The normalized spacial score (nSPS) is 11.4. The molecule has 0 amide bonds. The zero-order chi connectivity index (χ0) is 35.1. The maximum atomic E-state index is 6.67. The summed E-state index contributed by atoms with van der Waals surface area (Å²) in [5, 5.41) is 3.09. The molecule has 3 aromatic heterocycles. The molecule has 53 heavy (non-hydrogen) atoms. The van der Waals surface area contributed by atoms with Gasteiger partial charge in [-0.2, -0.15) is 0 Å². The van der Waals surface area contributed by atoms with Crippen LogP contribution in [-0.4, -0.2) is 15.0 Å². The first-order valence-corrected chi connectivity index (χ1v) is 17.8. The van der Waals surface area contributed by atoms with Gasteiger partial charge in [-0.1, -0.05) is 170 Å². The minimum atomic E-state index is 0.687. The molecule has 7 aromatic carbocycles. The van der Waals surface area contributed by atoms with Gasteiger partial charge < -0.3 is 4.42 Å². The molecule has 0 bridgehead atoms. The SMILES string of the molecule is c1ccc(-c2ccc(-c3nc(-c4ccccc4)cc(-c4ccc(-c5cccc6nc(-c7ccccc7)c7c8ccccc8oc7c56)cc4)n3)cc2)cc1. The molecule has 0 aliphatic carbocycles. The number of aromatic nitrogens is 3. The van der Waals surface area contributed by atoms with Gasteiger partial charge in [-0.25, -0.2) is 15.0 Å². The number of furan rings is 1. The second-order valence-electron chi connectivity index (χ2n) is 13.2. The summed E-state index contributed by atoms with van der Waals surface area (Å²) in [6, 6.07) is 64.8. The fourth-order valence-corrected chi connectivity index (χ4v) is 7.29. The molecule has 0 N–H and O–H groups in total. The third-order valence-corrected chi connectivity index (χ3v) is 9.92. The molecule has 0 aliphatic heterocycles. The maximum absolute atomic E-state index is 6.67. The average Bonchev–Trinajstić information content (AvgIpc) is 3.64. The number of rotatable bonds is 6. The molecule has 248 valence electrons. The fraction of sp³-hybridized carbons (Fsp3) is 0. The number of pyridine rings is 1. The molecule has 4 heteroatoms. The summed E-state index contributed by atoms with van der Waals surface area (Å²) in [5.74, 6) is 0.687. The van der Waals surface area contributed by atoms with Crippen molar-refractivity contribution in [2.45, 2.75) is 0 Å². The smallest absolute Gasteiger partial charge is 0.160 e. The van der Waals surface area contributed by atoms with Gasteiger partial charge in [0, 0.05) is 27.6 Å². The number of hydrogen-bond donors (Lipinski definition) is 0. The van der Waals surface area contributed by atoms with Crippen LogP contribution in [0.15, 0.2) is 192 Å². The van der Waals surface area contributed by atoms with Crippen LogP contribution in [-0.2, 0) is 0 Å². The lowest BCUT2D eigenvalue weighted by Gasteiger charge is -2.12. The van der Waals surface area contributed by atoms with E-state index in [-0.39, 0.29) is 0 Å². The Balaban J connectivity index is 1.09. The molecular weight excluding hydrogens is 647 g/mol. The molecule has 0 fully saturated rings. The van der Waals surface area contributed by atoms with E-state index >= 15 is 0 Å². The van der Waals surface area contributed by atoms with Crippen LogP contribution < -0.4 is 0 Å². The number of benzene rings is 7. The summed E-state index contributed by atoms with van der Waals surface area (Å²) < 4.78 is 6.67. The van der Waals surface area contributed by atoms with Gasteiger partial charge in [0.15, 0.2) is 5.82 Å². The summed E-state index contributed by atoms with van der Waals surface area (Å²) >= 11 is 0. The second kappa shape index (κ2) is 12.9. The van der Waals surface area contributed by atoms with Gasteiger partial charge in [-0.05, 0) is 40.5 Å². The Morgan fingerprint density at radius 2 is 0.887 bits per heavy atom. The van der Waals surface area contributed by atoms with Crippen molar-refractivity contribution < 1.29 is 4.42 Å². The first kappa shape index (κ1) is 30.6. The van der Waals surface area contributed by atoms with Crippen molar-refractivity contribution in [2.75, 3.05) is 0 Å². The van der Waals surface area contributed by atoms with Crippen molar-refractivity contribution in [3.8, 4) is 67.4 Å². The van der Waals surface area contributed by atoms with Crippen LogP contribution in [0.2, 0.25) is 0 Å². The average molecular weight is 678 g/mol. The maximum Gasteiger partial charge on any atom is 0.160 e. The van der Waals surface area contributed by atoms with Gasteiger partial charge >= 0.3 is 0 Å². The van der Waals surface area contributed by atoms with Gasteiger partial charge in [-0.15, -0.1) is 0 Å². The molecule has 0 saturated heterocycles. The Morgan fingerprint density at radius 1 is 0.358 bits per heavy atom. The van der Waals surface area contributed by atoms with Crippen molar-refractivity contribution in [3.05, 3.63) is 188 Å². The Bertz CT molecular complexity index is 2900. The Labute approximate surface area is 306 Å². The third-order valence-electron chi connectivity index (χ3n) is 9.92. The third kappa shape index (κ3) is 5.54. The van der Waals surface area contributed by atoms with Gasteiger partial charge in [0.1, 0.15) is 11.2 Å². The second-order valence-corrected chi connectivity index (χ2v) is 13.2. The summed E-state index contributed by atoms with van der Waals surface area (Å²) in [5.41, 5.74) is 13.8. The van der Waals surface area contributed by atoms with Crippen LogP contribution in [0.1, 0.15) is 0 Å². The summed E-state index contributed by atoms with van der Waals surface area (Å²) in [6.07, 6.45) is 0. The highest BCUT2D eigenvalue weighted by Crippen LogP contribution is 2.43. The quantitative estimate of drug-likeness (QED) is 0.176. The van der Waals surface area contributed by atoms with Crippen molar-refractivity contribution in [3.63, 3.8) is 0 Å². The van der Waals surface area contributed by atoms with Crippen LogP contribution >= 0.6 is 0 Å². The van der Waals surface area contributed by atoms with Gasteiger partial charge in [0.2, 0.25) is 0 Å². The summed E-state index contributed by atoms with van der Waals surface area (Å²) in [6.45, 7) is 0. The first-order valence-electron chi connectivity index (χ1n) is 17.8. The Hall–Kier alpha value is -7.17. The number of nitrogens with zero attached hydrogens (tertiary/aromatic N) is 3. The lowest BCUT2D eigenvalue weighted by atomic mass is 9.95. The first-order chi connectivity index (χ1) is 26.3. The zero-order valence-electron chi connectivity index (χ0n) is 28.6. The van der Waals surface area contributed by atoms with Crippen molar-refractivity contribution >= 4 is 32.8 Å². The highest BCUT2D eigenvalue weighted by atomic mass is 16.3.